The van der Waals surface area contributed by atoms with Crippen LogP contribution >= 0.6 is 0 Å². The summed E-state index contributed by atoms with van der Waals surface area (Å²) >= 11 is 0. The van der Waals surface area contributed by atoms with Gasteiger partial charge in [-0.1, -0.05) is 0 Å². The average molecular weight is 355 g/mol. The fourth-order valence-electron chi connectivity index (χ4n) is 2.97. The van der Waals surface area contributed by atoms with Crippen LogP contribution in [-0.4, -0.2) is 29.4 Å². The minimum Gasteiger partial charge on any atom is -0.494 e. The summed E-state index contributed by atoms with van der Waals surface area (Å²) in [5.74, 6) is 0.333. The Balaban J connectivity index is 1.85. The van der Waals surface area contributed by atoms with Crippen molar-refractivity contribution in [3.63, 3.8) is 0 Å². The molecular weight excluding hydrogens is 337 g/mol. The highest BCUT2D eigenvalue weighted by Gasteiger charge is 2.15. The number of H-pyrrole nitrogens is 1. The van der Waals surface area contributed by atoms with Crippen LogP contribution in [-0.2, 0) is 11.3 Å². The third kappa shape index (κ3) is 3.08. The van der Waals surface area contributed by atoms with Gasteiger partial charge in [0.25, 0.3) is 0 Å². The number of hydrogen-bond acceptors (Lipinski definition) is 4. The van der Waals surface area contributed by atoms with Crippen molar-refractivity contribution < 1.29 is 18.7 Å². The van der Waals surface area contributed by atoms with E-state index in [9.17, 15) is 9.18 Å². The molecule has 0 atom stereocenters. The number of fused-ring (bicyclic) bond motifs is 4. The molecule has 1 aliphatic heterocycles. The molecule has 0 saturated carbocycles. The number of ether oxygens (including phenoxy) is 2. The van der Waals surface area contributed by atoms with Crippen LogP contribution in [0.3, 0.4) is 0 Å². The van der Waals surface area contributed by atoms with Crippen molar-refractivity contribution in [1.82, 2.24) is 15.5 Å². The summed E-state index contributed by atoms with van der Waals surface area (Å²) in [5, 5.41) is 10.8. The lowest BCUT2D eigenvalue weighted by atomic mass is 10.0. The number of carbonyl (C=O) groups is 1. The number of halogens is 1. The summed E-state index contributed by atoms with van der Waals surface area (Å²) in [6, 6.07) is 8.87. The number of hydrogen-bond donors (Lipinski definition) is 2. The van der Waals surface area contributed by atoms with Gasteiger partial charge in [0, 0.05) is 17.5 Å². The Labute approximate surface area is 149 Å². The van der Waals surface area contributed by atoms with E-state index in [1.165, 1.54) is 6.07 Å². The number of carbonyl (C=O) groups excluding carboxylic acids is 1. The van der Waals surface area contributed by atoms with E-state index in [0.717, 1.165) is 10.9 Å². The molecule has 0 saturated heterocycles. The molecule has 4 bridgehead atoms. The highest BCUT2D eigenvalue weighted by Crippen LogP contribution is 2.31. The SMILES string of the molecule is Cc1c(F)cc2cc1COC(=O)NCCCOc1ccc3[nH]nc-2c3c1. The van der Waals surface area contributed by atoms with Crippen LogP contribution in [0.1, 0.15) is 17.5 Å². The fourth-order valence-corrected chi connectivity index (χ4v) is 2.97. The number of nitrogens with zero attached hydrogens (tertiary/aromatic N) is 1. The van der Waals surface area contributed by atoms with Gasteiger partial charge in [-0.2, -0.15) is 5.10 Å². The third-order valence-electron chi connectivity index (χ3n) is 4.48. The molecular formula is C19H18FN3O3. The molecule has 3 aromatic rings. The molecule has 6 nitrogen and oxygen atoms in total. The first kappa shape index (κ1) is 16.4. The Morgan fingerprint density at radius 2 is 2.08 bits per heavy atom. The second-order valence-electron chi connectivity index (χ2n) is 6.23. The smallest absolute Gasteiger partial charge is 0.407 e. The summed E-state index contributed by atoms with van der Waals surface area (Å²) in [5.41, 5.74) is 3.14. The Kier molecular flexibility index (Phi) is 4.20. The van der Waals surface area contributed by atoms with Gasteiger partial charge in [-0.25, -0.2) is 9.18 Å². The van der Waals surface area contributed by atoms with E-state index >= 15 is 0 Å². The second-order valence-corrected chi connectivity index (χ2v) is 6.23. The molecule has 0 radical (unpaired) electrons. The zero-order valence-corrected chi connectivity index (χ0v) is 14.3. The number of alkyl carbamates (subject to hydrolysis) is 1. The largest absolute Gasteiger partial charge is 0.494 e. The predicted octanol–water partition coefficient (Wildman–Crippen LogP) is 3.69. The van der Waals surface area contributed by atoms with Gasteiger partial charge in [0.2, 0.25) is 0 Å². The quantitative estimate of drug-likeness (QED) is 0.645. The highest BCUT2D eigenvalue weighted by atomic mass is 19.1. The van der Waals surface area contributed by atoms with Crippen LogP contribution in [0.2, 0.25) is 0 Å². The van der Waals surface area contributed by atoms with Gasteiger partial charge in [0.15, 0.2) is 0 Å². The number of amides is 1. The van der Waals surface area contributed by atoms with Gasteiger partial charge in [-0.15, -0.1) is 0 Å². The van der Waals surface area contributed by atoms with Crippen LogP contribution in [0.15, 0.2) is 30.3 Å². The number of cyclic esters (lactones) is 1. The first-order valence-corrected chi connectivity index (χ1v) is 8.43. The van der Waals surface area contributed by atoms with Gasteiger partial charge in [0.05, 0.1) is 12.1 Å². The lowest BCUT2D eigenvalue weighted by Gasteiger charge is -2.11. The van der Waals surface area contributed by atoms with Crippen molar-refractivity contribution in [2.24, 2.45) is 0 Å². The monoisotopic (exact) mass is 355 g/mol. The third-order valence-corrected chi connectivity index (χ3v) is 4.48. The standard InChI is InChI=1S/C19H18FN3O3/c1-11-13-7-12(8-16(11)20)18-15-9-14(3-4-17(15)22-23-18)25-6-2-5-21-19(24)26-10-13/h3-4,7-9H,2,5-6,10H2,1H3,(H,21,24)(H,22,23). The van der Waals surface area contributed by atoms with Gasteiger partial charge in [0.1, 0.15) is 23.9 Å². The summed E-state index contributed by atoms with van der Waals surface area (Å²) in [7, 11) is 0. The van der Waals surface area contributed by atoms with E-state index in [2.05, 4.69) is 15.5 Å². The molecule has 2 N–H and O–H groups in total. The normalized spacial score (nSPS) is 14.9. The van der Waals surface area contributed by atoms with Gasteiger partial charge in [-0.05, 0) is 54.8 Å². The number of aromatic amines is 1. The van der Waals surface area contributed by atoms with E-state index in [0.29, 0.717) is 47.7 Å². The molecule has 134 valence electrons. The molecule has 0 spiro atoms. The minimum absolute atomic E-state index is 0.00741. The second kappa shape index (κ2) is 6.67. The maximum Gasteiger partial charge on any atom is 0.407 e. The minimum atomic E-state index is -0.534. The molecule has 2 heterocycles. The van der Waals surface area contributed by atoms with Gasteiger partial charge in [-0.3, -0.25) is 5.10 Å². The topological polar surface area (TPSA) is 76.2 Å². The molecule has 7 heteroatoms. The van der Waals surface area contributed by atoms with Crippen molar-refractivity contribution >= 4 is 17.0 Å². The van der Waals surface area contributed by atoms with Gasteiger partial charge >= 0.3 is 6.09 Å². The maximum absolute atomic E-state index is 14.4. The molecule has 1 amide bonds. The van der Waals surface area contributed by atoms with E-state index in [4.69, 9.17) is 9.47 Å². The Hall–Kier alpha value is -3.09. The van der Waals surface area contributed by atoms with Crippen LogP contribution in [0, 0.1) is 12.7 Å². The summed E-state index contributed by atoms with van der Waals surface area (Å²) in [4.78, 5) is 11.8. The van der Waals surface area contributed by atoms with Crippen LogP contribution < -0.4 is 10.1 Å². The van der Waals surface area contributed by atoms with E-state index in [1.807, 2.05) is 18.2 Å². The van der Waals surface area contributed by atoms with Crippen molar-refractivity contribution in [2.45, 2.75) is 20.0 Å². The highest BCUT2D eigenvalue weighted by molar-refractivity contribution is 5.93. The molecule has 1 aromatic heterocycles. The van der Waals surface area contributed by atoms with Crippen molar-refractivity contribution in [2.75, 3.05) is 13.2 Å². The molecule has 2 aromatic carbocycles. The molecule has 26 heavy (non-hydrogen) atoms. The van der Waals surface area contributed by atoms with E-state index in [-0.39, 0.29) is 12.4 Å². The van der Waals surface area contributed by atoms with E-state index in [1.54, 1.807) is 13.0 Å². The molecule has 1 aliphatic rings. The lowest BCUT2D eigenvalue weighted by molar-refractivity contribution is 0.138. The van der Waals surface area contributed by atoms with Crippen molar-refractivity contribution in [1.29, 1.82) is 0 Å². The first-order chi connectivity index (χ1) is 12.6. The molecule has 0 aliphatic carbocycles. The summed E-state index contributed by atoms with van der Waals surface area (Å²) in [6.45, 7) is 2.55. The molecule has 0 fully saturated rings. The molecule has 4 rings (SSSR count). The predicted molar refractivity (Wildman–Crippen MR) is 94.5 cm³/mol. The first-order valence-electron chi connectivity index (χ1n) is 8.43. The van der Waals surface area contributed by atoms with Crippen LogP contribution in [0.25, 0.3) is 22.2 Å². The number of nitrogens with one attached hydrogen (secondary N) is 2. The number of aromatic nitrogens is 2. The maximum atomic E-state index is 14.4. The summed E-state index contributed by atoms with van der Waals surface area (Å²) < 4.78 is 25.4. The number of rotatable bonds is 0. The average Bonchev–Trinajstić information content (AvgIpc) is 3.05. The Bertz CT molecular complexity index is 984. The Morgan fingerprint density at radius 1 is 1.19 bits per heavy atom. The summed E-state index contributed by atoms with van der Waals surface area (Å²) in [6.07, 6.45) is 0.111. The zero-order chi connectivity index (χ0) is 18.1. The van der Waals surface area contributed by atoms with Crippen molar-refractivity contribution in [3.8, 4) is 17.0 Å². The van der Waals surface area contributed by atoms with Crippen molar-refractivity contribution in [3.05, 3.63) is 47.3 Å². The van der Waals surface area contributed by atoms with Crippen LogP contribution in [0.5, 0.6) is 5.75 Å². The zero-order valence-electron chi connectivity index (χ0n) is 14.3. The van der Waals surface area contributed by atoms with Crippen LogP contribution in [0.4, 0.5) is 9.18 Å². The Morgan fingerprint density at radius 3 is 2.96 bits per heavy atom. The number of benzene rings is 2. The molecule has 0 unspecified atom stereocenters. The fraction of sp³-hybridized carbons (Fsp3) is 0.263. The lowest BCUT2D eigenvalue weighted by Crippen LogP contribution is -2.26. The van der Waals surface area contributed by atoms with Gasteiger partial charge < -0.3 is 14.8 Å². The van der Waals surface area contributed by atoms with E-state index < -0.39 is 6.09 Å².